The number of hydrogen-bond donors (Lipinski definition) is 2. The van der Waals surface area contributed by atoms with Gasteiger partial charge in [-0.25, -0.2) is 4.79 Å². The Morgan fingerprint density at radius 3 is 2.71 bits per heavy atom. The first-order chi connectivity index (χ1) is 18.2. The summed E-state index contributed by atoms with van der Waals surface area (Å²) in [6.45, 7) is 2.86. The Hall–Kier alpha value is -4.72. The maximum absolute atomic E-state index is 13.1. The highest BCUT2D eigenvalue weighted by Crippen LogP contribution is 2.41. The number of fused-ring (bicyclic) bond motifs is 3. The molecule has 0 saturated carbocycles. The van der Waals surface area contributed by atoms with E-state index in [1.54, 1.807) is 36.1 Å². The van der Waals surface area contributed by atoms with Gasteiger partial charge in [-0.2, -0.15) is 0 Å². The molecule has 2 N–H and O–H groups in total. The SMILES string of the molecule is CCOC(=O)N1CCc2c(sc3c2C(=O)N[C@@H](c2cccc(Oc4ccc([N+](=O)[O-])cc4[N+](=O)[O-])c2)N3)C1. The maximum atomic E-state index is 13.1. The topological polar surface area (TPSA) is 166 Å². The molecule has 13 nitrogen and oxygen atoms in total. The van der Waals surface area contributed by atoms with Gasteiger partial charge in [-0.3, -0.25) is 25.0 Å². The molecule has 2 aliphatic rings. The van der Waals surface area contributed by atoms with Gasteiger partial charge >= 0.3 is 11.8 Å². The van der Waals surface area contributed by atoms with Crippen molar-refractivity contribution >= 4 is 39.7 Å². The van der Waals surface area contributed by atoms with Crippen molar-refractivity contribution in [3.05, 3.63) is 84.3 Å². The van der Waals surface area contributed by atoms with E-state index in [9.17, 15) is 29.8 Å². The lowest BCUT2D eigenvalue weighted by atomic mass is 10.0. The fraction of sp³-hybridized carbons (Fsp3) is 0.250. The Morgan fingerprint density at radius 2 is 1.97 bits per heavy atom. The molecule has 196 valence electrons. The van der Waals surface area contributed by atoms with E-state index in [1.807, 2.05) is 0 Å². The molecule has 0 saturated heterocycles. The zero-order valence-electron chi connectivity index (χ0n) is 20.0. The highest BCUT2D eigenvalue weighted by Gasteiger charge is 2.34. The second kappa shape index (κ2) is 9.97. The number of benzene rings is 2. The van der Waals surface area contributed by atoms with Crippen molar-refractivity contribution < 1.29 is 28.9 Å². The van der Waals surface area contributed by atoms with Gasteiger partial charge in [0, 0.05) is 17.5 Å². The lowest BCUT2D eigenvalue weighted by molar-refractivity contribution is -0.394. The molecule has 3 aromatic rings. The van der Waals surface area contributed by atoms with Crippen molar-refractivity contribution in [2.45, 2.75) is 26.1 Å². The van der Waals surface area contributed by atoms with Gasteiger partial charge in [-0.15, -0.1) is 11.3 Å². The predicted molar refractivity (Wildman–Crippen MR) is 136 cm³/mol. The monoisotopic (exact) mass is 539 g/mol. The summed E-state index contributed by atoms with van der Waals surface area (Å²) in [6.07, 6.45) is -0.451. The van der Waals surface area contributed by atoms with Crippen LogP contribution in [-0.4, -0.2) is 39.9 Å². The number of amides is 2. The molecule has 5 rings (SSSR count). The van der Waals surface area contributed by atoms with Crippen molar-refractivity contribution in [2.75, 3.05) is 18.5 Å². The molecule has 2 aromatic carbocycles. The third kappa shape index (κ3) is 4.68. The van der Waals surface area contributed by atoms with Crippen molar-refractivity contribution in [1.82, 2.24) is 10.2 Å². The van der Waals surface area contributed by atoms with E-state index in [4.69, 9.17) is 9.47 Å². The molecule has 38 heavy (non-hydrogen) atoms. The molecule has 1 aromatic heterocycles. The lowest BCUT2D eigenvalue weighted by Crippen LogP contribution is -2.39. The first-order valence-corrected chi connectivity index (χ1v) is 12.4. The quantitative estimate of drug-likeness (QED) is 0.333. The normalized spacial score (nSPS) is 16.0. The Balaban J connectivity index is 1.37. The van der Waals surface area contributed by atoms with Crippen LogP contribution in [0.4, 0.5) is 21.2 Å². The maximum Gasteiger partial charge on any atom is 0.410 e. The van der Waals surface area contributed by atoms with Gasteiger partial charge in [-0.1, -0.05) is 12.1 Å². The summed E-state index contributed by atoms with van der Waals surface area (Å²) >= 11 is 1.41. The van der Waals surface area contributed by atoms with E-state index < -0.39 is 27.4 Å². The number of non-ortho nitro benzene ring substituents is 1. The summed E-state index contributed by atoms with van der Waals surface area (Å²) < 4.78 is 10.8. The number of nitrogens with one attached hydrogen (secondary N) is 2. The molecular formula is C24H21N5O8S. The molecule has 0 aliphatic carbocycles. The highest BCUT2D eigenvalue weighted by molar-refractivity contribution is 7.16. The van der Waals surface area contributed by atoms with Crippen LogP contribution in [0.3, 0.4) is 0 Å². The average molecular weight is 540 g/mol. The summed E-state index contributed by atoms with van der Waals surface area (Å²) in [7, 11) is 0. The number of rotatable bonds is 6. The van der Waals surface area contributed by atoms with Gasteiger partial charge in [0.2, 0.25) is 5.75 Å². The molecule has 1 atom stereocenters. The van der Waals surface area contributed by atoms with Crippen LogP contribution in [0.2, 0.25) is 0 Å². The minimum Gasteiger partial charge on any atom is -0.450 e. The Kier molecular flexibility index (Phi) is 6.55. The fourth-order valence-corrected chi connectivity index (χ4v) is 5.67. The van der Waals surface area contributed by atoms with Crippen LogP contribution in [0.1, 0.15) is 39.5 Å². The molecule has 2 aliphatic heterocycles. The van der Waals surface area contributed by atoms with E-state index >= 15 is 0 Å². The molecular weight excluding hydrogens is 518 g/mol. The van der Waals surface area contributed by atoms with Crippen molar-refractivity contribution in [2.24, 2.45) is 0 Å². The first kappa shape index (κ1) is 25.0. The number of nitro benzene ring substituents is 2. The molecule has 0 spiro atoms. The van der Waals surface area contributed by atoms with Crippen LogP contribution in [-0.2, 0) is 17.7 Å². The van der Waals surface area contributed by atoms with E-state index in [-0.39, 0.29) is 30.1 Å². The second-order valence-electron chi connectivity index (χ2n) is 8.47. The minimum absolute atomic E-state index is 0.155. The largest absolute Gasteiger partial charge is 0.450 e. The van der Waals surface area contributed by atoms with E-state index in [0.29, 0.717) is 35.6 Å². The minimum atomic E-state index is -0.752. The molecule has 3 heterocycles. The number of carbonyl (C=O) groups is 2. The van der Waals surface area contributed by atoms with Gasteiger partial charge in [0.15, 0.2) is 0 Å². The molecule has 2 amide bonds. The fourth-order valence-electron chi connectivity index (χ4n) is 4.39. The number of hydrogen-bond acceptors (Lipinski definition) is 10. The van der Waals surface area contributed by atoms with E-state index in [2.05, 4.69) is 10.6 Å². The van der Waals surface area contributed by atoms with Crippen LogP contribution in [0.15, 0.2) is 42.5 Å². The molecule has 14 heteroatoms. The van der Waals surface area contributed by atoms with Gasteiger partial charge < -0.3 is 25.0 Å². The number of nitro groups is 2. The van der Waals surface area contributed by atoms with Gasteiger partial charge in [-0.05, 0) is 42.7 Å². The van der Waals surface area contributed by atoms with Gasteiger partial charge in [0.05, 0.1) is 34.6 Å². The highest BCUT2D eigenvalue weighted by atomic mass is 32.1. The Morgan fingerprint density at radius 1 is 1.16 bits per heavy atom. The number of thiophene rings is 1. The number of ether oxygens (including phenoxy) is 2. The van der Waals surface area contributed by atoms with Gasteiger partial charge in [0.25, 0.3) is 11.6 Å². The zero-order chi connectivity index (χ0) is 27.0. The van der Waals surface area contributed by atoms with Crippen LogP contribution < -0.4 is 15.4 Å². The number of carbonyl (C=O) groups excluding carboxylic acids is 2. The molecule has 0 unspecified atom stereocenters. The lowest BCUT2D eigenvalue weighted by Gasteiger charge is -2.28. The Bertz CT molecular complexity index is 1470. The van der Waals surface area contributed by atoms with Crippen LogP contribution in [0.25, 0.3) is 0 Å². The van der Waals surface area contributed by atoms with Crippen molar-refractivity contribution in [3.63, 3.8) is 0 Å². The predicted octanol–water partition coefficient (Wildman–Crippen LogP) is 4.73. The summed E-state index contributed by atoms with van der Waals surface area (Å²) in [6, 6.07) is 9.76. The third-order valence-electron chi connectivity index (χ3n) is 6.13. The number of nitrogens with zero attached hydrogens (tertiary/aromatic N) is 3. The van der Waals surface area contributed by atoms with Gasteiger partial charge in [0.1, 0.15) is 16.9 Å². The van der Waals surface area contributed by atoms with Crippen molar-refractivity contribution in [1.29, 1.82) is 0 Å². The van der Waals surface area contributed by atoms with Crippen LogP contribution >= 0.6 is 11.3 Å². The Labute approximate surface area is 219 Å². The van der Waals surface area contributed by atoms with Crippen LogP contribution in [0.5, 0.6) is 11.5 Å². The van der Waals surface area contributed by atoms with E-state index in [1.165, 1.54) is 17.4 Å². The van der Waals surface area contributed by atoms with E-state index in [0.717, 1.165) is 22.6 Å². The second-order valence-corrected chi connectivity index (χ2v) is 9.58. The molecule has 0 radical (unpaired) electrons. The summed E-state index contributed by atoms with van der Waals surface area (Å²) in [5.41, 5.74) is 1.15. The van der Waals surface area contributed by atoms with Crippen molar-refractivity contribution in [3.8, 4) is 11.5 Å². The summed E-state index contributed by atoms with van der Waals surface area (Å²) in [4.78, 5) is 48.7. The molecule has 0 bridgehead atoms. The van der Waals surface area contributed by atoms with Crippen LogP contribution in [0, 0.1) is 20.2 Å². The first-order valence-electron chi connectivity index (χ1n) is 11.6. The zero-order valence-corrected chi connectivity index (χ0v) is 20.8. The summed E-state index contributed by atoms with van der Waals surface area (Å²) in [5.74, 6) is -0.155. The molecule has 0 fully saturated rings. The smallest absolute Gasteiger partial charge is 0.410 e. The number of anilines is 1. The average Bonchev–Trinajstić information content (AvgIpc) is 3.27. The third-order valence-corrected chi connectivity index (χ3v) is 7.28. The standard InChI is InChI=1S/C24H21N5O8S/c1-2-36-24(31)27-9-8-16-19(12-27)38-23-20(16)22(30)25-21(26-23)13-4-3-5-15(10-13)37-18-7-6-14(28(32)33)11-17(18)29(34)35/h3-7,10-11,21,26H,2,8-9,12H2,1H3,(H,25,30)/t21-/m1/s1. The summed E-state index contributed by atoms with van der Waals surface area (Å²) in [5, 5.41) is 29.4.